The van der Waals surface area contributed by atoms with Gasteiger partial charge in [0.2, 0.25) is 0 Å². The topological polar surface area (TPSA) is 90.7 Å². The molecule has 0 unspecified atom stereocenters. The van der Waals surface area contributed by atoms with Crippen LogP contribution in [-0.2, 0) is 20.7 Å². The fourth-order valence-electron chi connectivity index (χ4n) is 3.88. The van der Waals surface area contributed by atoms with Gasteiger partial charge in [-0.1, -0.05) is 83.5 Å². The molecule has 37 heavy (non-hydrogen) atoms. The van der Waals surface area contributed by atoms with Crippen LogP contribution < -0.4 is 5.32 Å². The summed E-state index contributed by atoms with van der Waals surface area (Å²) in [6.07, 6.45) is -0.937. The second-order valence-corrected chi connectivity index (χ2v) is 8.83. The molecule has 0 aliphatic heterocycles. The molecule has 1 amide bonds. The molecule has 3 aromatic carbocycles. The Bertz CT molecular complexity index is 1380. The molecule has 8 heteroatoms. The van der Waals surface area contributed by atoms with E-state index in [1.807, 2.05) is 66.7 Å². The minimum atomic E-state index is -0.639. The Morgan fingerprint density at radius 1 is 0.973 bits per heavy atom. The van der Waals surface area contributed by atoms with Crippen LogP contribution in [0.15, 0.2) is 77.3 Å². The van der Waals surface area contributed by atoms with Crippen molar-refractivity contribution in [2.24, 2.45) is 0 Å². The molecular formula is C29H27ClN2O5. The van der Waals surface area contributed by atoms with Gasteiger partial charge in [-0.25, -0.2) is 4.79 Å². The fraction of sp³-hybridized carbons (Fsp3) is 0.207. The number of nitrogens with one attached hydrogen (secondary N) is 1. The van der Waals surface area contributed by atoms with Gasteiger partial charge in [-0.2, -0.15) is 0 Å². The van der Waals surface area contributed by atoms with Gasteiger partial charge in [0, 0.05) is 16.1 Å². The highest BCUT2D eigenvalue weighted by Gasteiger charge is 2.20. The summed E-state index contributed by atoms with van der Waals surface area (Å²) in [5, 5.41) is 7.30. The Hall–Kier alpha value is -4.10. The number of aryl methyl sites for hydroxylation is 1. The van der Waals surface area contributed by atoms with E-state index in [1.165, 1.54) is 0 Å². The van der Waals surface area contributed by atoms with Gasteiger partial charge < -0.3 is 14.0 Å². The summed E-state index contributed by atoms with van der Waals surface area (Å²) < 4.78 is 16.1. The zero-order valence-electron chi connectivity index (χ0n) is 20.8. The minimum absolute atomic E-state index is 0.242. The van der Waals surface area contributed by atoms with Crippen LogP contribution in [0.3, 0.4) is 0 Å². The van der Waals surface area contributed by atoms with Gasteiger partial charge in [0.1, 0.15) is 17.5 Å². The number of rotatable bonds is 8. The van der Waals surface area contributed by atoms with E-state index in [0.29, 0.717) is 34.3 Å². The first-order valence-electron chi connectivity index (χ1n) is 11.9. The number of ether oxygens (including phenoxy) is 2. The standard InChI is InChI=1S/C29H27ClN2O5/c1-4-35-26(33)17-20-9-11-21(12-10-20)22-13-15-23(16-14-22)28-27(18(2)32-37-28)31-29(34)36-19(3)24-7-5-6-8-25(24)30/h5-16,19H,4,17H2,1-3H3,(H,31,34)/t19-/m0/s1. The van der Waals surface area contributed by atoms with E-state index in [9.17, 15) is 9.59 Å². The summed E-state index contributed by atoms with van der Waals surface area (Å²) in [5.74, 6) is 0.185. The molecule has 1 aromatic heterocycles. The minimum Gasteiger partial charge on any atom is -0.466 e. The molecule has 0 spiro atoms. The third-order valence-electron chi connectivity index (χ3n) is 5.80. The molecule has 0 aliphatic rings. The summed E-state index contributed by atoms with van der Waals surface area (Å²) >= 11 is 6.22. The fourth-order valence-corrected chi connectivity index (χ4v) is 4.17. The number of benzene rings is 3. The molecule has 0 fully saturated rings. The van der Waals surface area contributed by atoms with Crippen molar-refractivity contribution < 1.29 is 23.6 Å². The van der Waals surface area contributed by atoms with E-state index in [1.54, 1.807) is 26.8 Å². The molecule has 1 N–H and O–H groups in total. The summed E-state index contributed by atoms with van der Waals surface area (Å²) in [7, 11) is 0. The maximum absolute atomic E-state index is 12.6. The van der Waals surface area contributed by atoms with Gasteiger partial charge in [0.25, 0.3) is 0 Å². The van der Waals surface area contributed by atoms with Gasteiger partial charge in [-0.15, -0.1) is 0 Å². The summed E-state index contributed by atoms with van der Waals surface area (Å²) in [5.41, 5.74) is 5.31. The third kappa shape index (κ3) is 6.37. The average Bonchev–Trinajstić information content (AvgIpc) is 3.24. The Labute approximate surface area is 220 Å². The van der Waals surface area contributed by atoms with Crippen LogP contribution in [-0.4, -0.2) is 23.8 Å². The van der Waals surface area contributed by atoms with Crippen LogP contribution in [0.5, 0.6) is 0 Å². The van der Waals surface area contributed by atoms with Gasteiger partial charge >= 0.3 is 12.1 Å². The van der Waals surface area contributed by atoms with Gasteiger partial charge in [0.05, 0.1) is 13.0 Å². The molecule has 190 valence electrons. The van der Waals surface area contributed by atoms with Crippen molar-refractivity contribution in [2.45, 2.75) is 33.3 Å². The molecule has 0 bridgehead atoms. The molecule has 0 aliphatic carbocycles. The lowest BCUT2D eigenvalue weighted by molar-refractivity contribution is -0.142. The Balaban J connectivity index is 1.45. The zero-order chi connectivity index (χ0) is 26.4. The van der Waals surface area contributed by atoms with E-state index in [0.717, 1.165) is 22.3 Å². The van der Waals surface area contributed by atoms with E-state index < -0.39 is 12.2 Å². The zero-order valence-corrected chi connectivity index (χ0v) is 21.5. The molecule has 0 saturated carbocycles. The van der Waals surface area contributed by atoms with Crippen LogP contribution in [0.4, 0.5) is 10.5 Å². The first kappa shape index (κ1) is 26.0. The number of amides is 1. The summed E-state index contributed by atoms with van der Waals surface area (Å²) in [6, 6.07) is 22.7. The SMILES string of the molecule is CCOC(=O)Cc1ccc(-c2ccc(-c3onc(C)c3NC(=O)O[C@@H](C)c3ccccc3Cl)cc2)cc1. The van der Waals surface area contributed by atoms with Gasteiger partial charge in [0.15, 0.2) is 5.76 Å². The van der Waals surface area contributed by atoms with Gasteiger partial charge in [-0.3, -0.25) is 10.1 Å². The van der Waals surface area contributed by atoms with Crippen LogP contribution in [0, 0.1) is 6.92 Å². The molecule has 7 nitrogen and oxygen atoms in total. The Kier molecular flexibility index (Phi) is 8.25. The number of halogens is 1. The van der Waals surface area contributed by atoms with Crippen molar-refractivity contribution in [3.63, 3.8) is 0 Å². The largest absolute Gasteiger partial charge is 0.466 e. The highest BCUT2D eigenvalue weighted by atomic mass is 35.5. The lowest BCUT2D eigenvalue weighted by Crippen LogP contribution is -2.17. The number of aromatic nitrogens is 1. The lowest BCUT2D eigenvalue weighted by atomic mass is 10.0. The first-order chi connectivity index (χ1) is 17.9. The molecule has 1 atom stereocenters. The second kappa shape index (κ2) is 11.8. The second-order valence-electron chi connectivity index (χ2n) is 8.42. The summed E-state index contributed by atoms with van der Waals surface area (Å²) in [4.78, 5) is 24.3. The van der Waals surface area contributed by atoms with Crippen LogP contribution >= 0.6 is 11.6 Å². The number of carbonyl (C=O) groups excluding carboxylic acids is 2. The van der Waals surface area contributed by atoms with E-state index in [4.69, 9.17) is 25.6 Å². The molecule has 1 heterocycles. The number of anilines is 1. The number of carbonyl (C=O) groups is 2. The van der Waals surface area contributed by atoms with Crippen molar-refractivity contribution in [2.75, 3.05) is 11.9 Å². The average molecular weight is 519 g/mol. The first-order valence-corrected chi connectivity index (χ1v) is 12.3. The number of hydrogen-bond donors (Lipinski definition) is 1. The predicted molar refractivity (Wildman–Crippen MR) is 142 cm³/mol. The predicted octanol–water partition coefficient (Wildman–Crippen LogP) is 7.39. The van der Waals surface area contributed by atoms with E-state index in [-0.39, 0.29) is 12.4 Å². The maximum atomic E-state index is 12.6. The van der Waals surface area contributed by atoms with Crippen molar-refractivity contribution in [1.82, 2.24) is 5.16 Å². The smallest absolute Gasteiger partial charge is 0.412 e. The maximum Gasteiger partial charge on any atom is 0.412 e. The van der Waals surface area contributed by atoms with Crippen molar-refractivity contribution in [3.05, 3.63) is 94.6 Å². The summed E-state index contributed by atoms with van der Waals surface area (Å²) in [6.45, 7) is 5.66. The van der Waals surface area contributed by atoms with Gasteiger partial charge in [-0.05, 0) is 43.5 Å². The number of esters is 1. The van der Waals surface area contributed by atoms with Crippen molar-refractivity contribution in [1.29, 1.82) is 0 Å². The molecule has 0 saturated heterocycles. The van der Waals surface area contributed by atoms with Crippen LogP contribution in [0.2, 0.25) is 5.02 Å². The van der Waals surface area contributed by atoms with Crippen LogP contribution in [0.25, 0.3) is 22.5 Å². The third-order valence-corrected chi connectivity index (χ3v) is 6.15. The van der Waals surface area contributed by atoms with Crippen LogP contribution in [0.1, 0.15) is 36.8 Å². The molecule has 4 aromatic rings. The molecule has 0 radical (unpaired) electrons. The van der Waals surface area contributed by atoms with Crippen molar-refractivity contribution in [3.8, 4) is 22.5 Å². The van der Waals surface area contributed by atoms with E-state index in [2.05, 4.69) is 10.5 Å². The normalized spacial score (nSPS) is 11.6. The highest BCUT2D eigenvalue weighted by Crippen LogP contribution is 2.33. The molecule has 4 rings (SSSR count). The van der Waals surface area contributed by atoms with E-state index >= 15 is 0 Å². The number of nitrogens with zero attached hydrogens (tertiary/aromatic N) is 1. The van der Waals surface area contributed by atoms with Crippen molar-refractivity contribution >= 4 is 29.4 Å². The monoisotopic (exact) mass is 518 g/mol. The Morgan fingerprint density at radius 3 is 2.24 bits per heavy atom. The Morgan fingerprint density at radius 2 is 1.59 bits per heavy atom. The highest BCUT2D eigenvalue weighted by molar-refractivity contribution is 6.31. The quantitative estimate of drug-likeness (QED) is 0.245. The number of hydrogen-bond acceptors (Lipinski definition) is 6. The molecular weight excluding hydrogens is 492 g/mol. The lowest BCUT2D eigenvalue weighted by Gasteiger charge is -2.15.